The predicted molar refractivity (Wildman–Crippen MR) is 74.0 cm³/mol. The minimum absolute atomic E-state index is 0.0438. The first kappa shape index (κ1) is 12.4. The molecular formula is C15H14FNOS. The van der Waals surface area contributed by atoms with Gasteiger partial charge in [0.15, 0.2) is 0 Å². The first-order valence-corrected chi connectivity index (χ1v) is 7.15. The second kappa shape index (κ2) is 4.78. The highest BCUT2D eigenvalue weighted by Gasteiger charge is 2.44. The van der Waals surface area contributed by atoms with Crippen LogP contribution in [0.3, 0.4) is 0 Å². The third-order valence-electron chi connectivity index (χ3n) is 3.62. The van der Waals surface area contributed by atoms with E-state index < -0.39 is 0 Å². The fourth-order valence-electron chi connectivity index (χ4n) is 2.28. The molecule has 0 unspecified atom stereocenters. The van der Waals surface area contributed by atoms with Crippen molar-refractivity contribution in [2.45, 2.75) is 18.3 Å². The molecule has 1 saturated carbocycles. The molecule has 1 N–H and O–H groups in total. The third kappa shape index (κ3) is 2.54. The molecule has 1 aromatic heterocycles. The highest BCUT2D eigenvalue weighted by Crippen LogP contribution is 2.47. The Labute approximate surface area is 115 Å². The van der Waals surface area contributed by atoms with E-state index in [1.165, 1.54) is 17.4 Å². The van der Waals surface area contributed by atoms with Crippen molar-refractivity contribution in [2.75, 3.05) is 6.54 Å². The van der Waals surface area contributed by atoms with E-state index >= 15 is 0 Å². The van der Waals surface area contributed by atoms with Crippen LogP contribution in [-0.2, 0) is 5.41 Å². The standard InChI is InChI=1S/C15H14FNOS/c16-12-4-1-3-11(9-12)15(6-7-15)10-17-14(18)13-5-2-8-19-13/h1-5,8-9H,6-7,10H2,(H,17,18). The van der Waals surface area contributed by atoms with Gasteiger partial charge in [-0.2, -0.15) is 0 Å². The summed E-state index contributed by atoms with van der Waals surface area (Å²) in [6.07, 6.45) is 2.00. The molecule has 0 aliphatic heterocycles. The van der Waals surface area contributed by atoms with E-state index in [9.17, 15) is 9.18 Å². The van der Waals surface area contributed by atoms with Crippen molar-refractivity contribution < 1.29 is 9.18 Å². The summed E-state index contributed by atoms with van der Waals surface area (Å²) in [5, 5.41) is 4.84. The number of carbonyl (C=O) groups is 1. The molecule has 1 aliphatic carbocycles. The number of rotatable bonds is 4. The van der Waals surface area contributed by atoms with Crippen LogP contribution in [0.25, 0.3) is 0 Å². The molecule has 0 spiro atoms. The van der Waals surface area contributed by atoms with E-state index in [-0.39, 0.29) is 17.1 Å². The molecule has 0 saturated heterocycles. The topological polar surface area (TPSA) is 29.1 Å². The summed E-state index contributed by atoms with van der Waals surface area (Å²) in [5.74, 6) is -0.258. The van der Waals surface area contributed by atoms with Gasteiger partial charge in [-0.25, -0.2) is 4.39 Å². The lowest BCUT2D eigenvalue weighted by Gasteiger charge is -2.16. The zero-order chi connectivity index (χ0) is 13.3. The fourth-order valence-corrected chi connectivity index (χ4v) is 2.92. The quantitative estimate of drug-likeness (QED) is 0.911. The van der Waals surface area contributed by atoms with E-state index in [0.29, 0.717) is 6.54 Å². The highest BCUT2D eigenvalue weighted by atomic mass is 32.1. The Kier molecular flexibility index (Phi) is 3.11. The average molecular weight is 275 g/mol. The Hall–Kier alpha value is -1.68. The molecule has 2 nitrogen and oxygen atoms in total. The molecule has 1 heterocycles. The van der Waals surface area contributed by atoms with Gasteiger partial charge in [-0.05, 0) is 42.0 Å². The van der Waals surface area contributed by atoms with E-state index in [1.54, 1.807) is 12.1 Å². The van der Waals surface area contributed by atoms with Crippen molar-refractivity contribution in [2.24, 2.45) is 0 Å². The van der Waals surface area contributed by atoms with Crippen molar-refractivity contribution >= 4 is 17.2 Å². The third-order valence-corrected chi connectivity index (χ3v) is 4.49. The van der Waals surface area contributed by atoms with Crippen LogP contribution in [0.1, 0.15) is 28.1 Å². The zero-order valence-electron chi connectivity index (χ0n) is 10.4. The van der Waals surface area contributed by atoms with Gasteiger partial charge in [0.05, 0.1) is 4.88 Å². The number of hydrogen-bond acceptors (Lipinski definition) is 2. The highest BCUT2D eigenvalue weighted by molar-refractivity contribution is 7.12. The van der Waals surface area contributed by atoms with Gasteiger partial charge in [-0.1, -0.05) is 18.2 Å². The minimum atomic E-state index is -0.214. The lowest BCUT2D eigenvalue weighted by Crippen LogP contribution is -2.31. The van der Waals surface area contributed by atoms with Crippen molar-refractivity contribution in [3.63, 3.8) is 0 Å². The van der Waals surface area contributed by atoms with Gasteiger partial charge in [-0.3, -0.25) is 4.79 Å². The molecule has 0 bridgehead atoms. The van der Waals surface area contributed by atoms with Crippen LogP contribution in [0.2, 0.25) is 0 Å². The van der Waals surface area contributed by atoms with Crippen molar-refractivity contribution in [1.29, 1.82) is 0 Å². The molecule has 4 heteroatoms. The zero-order valence-corrected chi connectivity index (χ0v) is 11.2. The molecule has 1 aromatic carbocycles. The van der Waals surface area contributed by atoms with Gasteiger partial charge in [0, 0.05) is 12.0 Å². The van der Waals surface area contributed by atoms with E-state index in [0.717, 1.165) is 23.3 Å². The van der Waals surface area contributed by atoms with Crippen LogP contribution >= 0.6 is 11.3 Å². The maximum absolute atomic E-state index is 13.3. The Morgan fingerprint density at radius 2 is 2.16 bits per heavy atom. The first-order chi connectivity index (χ1) is 9.20. The summed E-state index contributed by atoms with van der Waals surface area (Å²) < 4.78 is 13.3. The monoisotopic (exact) mass is 275 g/mol. The summed E-state index contributed by atoms with van der Waals surface area (Å²) in [6, 6.07) is 10.4. The number of amides is 1. The molecule has 1 fully saturated rings. The van der Waals surface area contributed by atoms with Crippen LogP contribution in [0.5, 0.6) is 0 Å². The Balaban J connectivity index is 1.68. The van der Waals surface area contributed by atoms with Gasteiger partial charge in [-0.15, -0.1) is 11.3 Å². The molecule has 0 atom stereocenters. The number of hydrogen-bond donors (Lipinski definition) is 1. The van der Waals surface area contributed by atoms with Gasteiger partial charge < -0.3 is 5.32 Å². The maximum Gasteiger partial charge on any atom is 0.261 e. The SMILES string of the molecule is O=C(NCC1(c2cccc(F)c2)CC1)c1cccs1. The smallest absolute Gasteiger partial charge is 0.261 e. The molecule has 2 aromatic rings. The minimum Gasteiger partial charge on any atom is -0.350 e. The van der Waals surface area contributed by atoms with Crippen LogP contribution in [0.4, 0.5) is 4.39 Å². The summed E-state index contributed by atoms with van der Waals surface area (Å²) in [7, 11) is 0. The van der Waals surface area contributed by atoms with E-state index in [2.05, 4.69) is 5.32 Å². The van der Waals surface area contributed by atoms with Crippen molar-refractivity contribution in [3.8, 4) is 0 Å². The fraction of sp³-hybridized carbons (Fsp3) is 0.267. The largest absolute Gasteiger partial charge is 0.350 e. The predicted octanol–water partition coefficient (Wildman–Crippen LogP) is 3.35. The lowest BCUT2D eigenvalue weighted by molar-refractivity contribution is 0.0954. The molecule has 98 valence electrons. The average Bonchev–Trinajstić information content (AvgIpc) is 3.00. The summed E-state index contributed by atoms with van der Waals surface area (Å²) in [4.78, 5) is 12.6. The lowest BCUT2D eigenvalue weighted by atomic mass is 9.96. The summed E-state index contributed by atoms with van der Waals surface area (Å²) in [5.41, 5.74) is 0.925. The van der Waals surface area contributed by atoms with Crippen LogP contribution in [0, 0.1) is 5.82 Å². The molecule has 1 aliphatic rings. The second-order valence-electron chi connectivity index (χ2n) is 4.95. The van der Waals surface area contributed by atoms with Crippen molar-refractivity contribution in [1.82, 2.24) is 5.32 Å². The first-order valence-electron chi connectivity index (χ1n) is 6.27. The number of carbonyl (C=O) groups excluding carboxylic acids is 1. The van der Waals surface area contributed by atoms with E-state index in [4.69, 9.17) is 0 Å². The molecule has 3 rings (SSSR count). The van der Waals surface area contributed by atoms with Crippen LogP contribution in [0.15, 0.2) is 41.8 Å². The van der Waals surface area contributed by atoms with Gasteiger partial charge in [0.25, 0.3) is 5.91 Å². The van der Waals surface area contributed by atoms with Crippen LogP contribution in [-0.4, -0.2) is 12.5 Å². The number of thiophene rings is 1. The number of halogens is 1. The molecule has 19 heavy (non-hydrogen) atoms. The Morgan fingerprint density at radius 1 is 1.32 bits per heavy atom. The maximum atomic E-state index is 13.3. The Morgan fingerprint density at radius 3 is 2.79 bits per heavy atom. The van der Waals surface area contributed by atoms with Gasteiger partial charge in [0.2, 0.25) is 0 Å². The van der Waals surface area contributed by atoms with E-state index in [1.807, 2.05) is 23.6 Å². The Bertz CT molecular complexity index is 590. The summed E-state index contributed by atoms with van der Waals surface area (Å²) in [6.45, 7) is 0.577. The van der Waals surface area contributed by atoms with Crippen LogP contribution < -0.4 is 5.32 Å². The molecule has 0 radical (unpaired) electrons. The number of benzene rings is 1. The normalized spacial score (nSPS) is 16.1. The summed E-state index contributed by atoms with van der Waals surface area (Å²) >= 11 is 1.43. The van der Waals surface area contributed by atoms with Gasteiger partial charge >= 0.3 is 0 Å². The number of nitrogens with one attached hydrogen (secondary N) is 1. The second-order valence-corrected chi connectivity index (χ2v) is 5.90. The molecule has 1 amide bonds. The van der Waals surface area contributed by atoms with Gasteiger partial charge in [0.1, 0.15) is 5.82 Å². The molecular weight excluding hydrogens is 261 g/mol. The van der Waals surface area contributed by atoms with Crippen molar-refractivity contribution in [3.05, 3.63) is 58.0 Å².